The van der Waals surface area contributed by atoms with Gasteiger partial charge in [0.15, 0.2) is 11.0 Å². The fourth-order valence-corrected chi connectivity index (χ4v) is 4.80. The number of nitrogens with one attached hydrogen (secondary N) is 1. The van der Waals surface area contributed by atoms with Crippen molar-refractivity contribution in [3.63, 3.8) is 0 Å². The van der Waals surface area contributed by atoms with Gasteiger partial charge >= 0.3 is 0 Å². The molecule has 3 aliphatic rings. The Kier molecular flexibility index (Phi) is 6.62. The van der Waals surface area contributed by atoms with E-state index < -0.39 is 5.91 Å². The monoisotopic (exact) mass is 475 g/mol. The van der Waals surface area contributed by atoms with Crippen molar-refractivity contribution in [3.8, 4) is 11.5 Å². The number of amidine groups is 3. The SMILES string of the molecule is N=C1/C(=C\c2ccc(OCCOc3ccccc3)cc2)C(=O)N=C2SC(N3CCCCC3)=NN12. The molecule has 0 bridgehead atoms. The van der Waals surface area contributed by atoms with Crippen LogP contribution in [0.3, 0.4) is 0 Å². The van der Waals surface area contributed by atoms with Crippen molar-refractivity contribution in [2.45, 2.75) is 19.3 Å². The molecule has 5 rings (SSSR count). The van der Waals surface area contributed by atoms with E-state index in [0.29, 0.717) is 24.1 Å². The number of hydrazone groups is 1. The van der Waals surface area contributed by atoms with E-state index in [-0.39, 0.29) is 11.4 Å². The number of piperidine rings is 1. The molecule has 0 saturated carbocycles. The molecule has 3 aliphatic heterocycles. The zero-order valence-electron chi connectivity index (χ0n) is 18.6. The molecule has 34 heavy (non-hydrogen) atoms. The standard InChI is InChI=1S/C25H25N5O3S/c26-22-21(23(31)27-24-30(22)28-25(34-24)29-13-5-2-6-14-29)17-18-9-11-20(12-10-18)33-16-15-32-19-7-3-1-4-8-19/h1,3-4,7-12,17,26H,2,5-6,13-16H2/b21-17+,26-22?. The first-order valence-corrected chi connectivity index (χ1v) is 12.1. The normalized spacial score (nSPS) is 19.1. The van der Waals surface area contributed by atoms with E-state index in [0.717, 1.165) is 42.4 Å². The van der Waals surface area contributed by atoms with Crippen LogP contribution in [0.25, 0.3) is 6.08 Å². The Bertz CT molecular complexity index is 1150. The molecule has 0 atom stereocenters. The van der Waals surface area contributed by atoms with Gasteiger partial charge in [-0.3, -0.25) is 10.2 Å². The van der Waals surface area contributed by atoms with Gasteiger partial charge in [-0.05, 0) is 66.9 Å². The molecule has 2 aromatic rings. The number of nitrogens with zero attached hydrogens (tertiary/aromatic N) is 4. The molecule has 2 aromatic carbocycles. The molecule has 1 fully saturated rings. The Morgan fingerprint density at radius 1 is 0.912 bits per heavy atom. The molecule has 174 valence electrons. The van der Waals surface area contributed by atoms with Gasteiger partial charge in [-0.1, -0.05) is 30.3 Å². The van der Waals surface area contributed by atoms with Gasteiger partial charge in [-0.15, -0.1) is 5.10 Å². The average Bonchev–Trinajstić information content (AvgIpc) is 3.31. The number of para-hydroxylation sites is 1. The Morgan fingerprint density at radius 3 is 2.29 bits per heavy atom. The molecule has 1 N–H and O–H groups in total. The Hall–Kier alpha value is -3.59. The quantitative estimate of drug-likeness (QED) is 0.497. The molecule has 3 heterocycles. The lowest BCUT2D eigenvalue weighted by atomic mass is 10.1. The minimum atomic E-state index is -0.419. The number of rotatable bonds is 6. The maximum Gasteiger partial charge on any atom is 0.283 e. The lowest BCUT2D eigenvalue weighted by molar-refractivity contribution is -0.114. The molecular weight excluding hydrogens is 450 g/mol. The molecule has 1 amide bonds. The average molecular weight is 476 g/mol. The topological polar surface area (TPSA) is 90.6 Å². The summed E-state index contributed by atoms with van der Waals surface area (Å²) in [5.41, 5.74) is 1.00. The third kappa shape index (κ3) is 4.99. The fraction of sp³-hybridized carbons (Fsp3) is 0.280. The molecule has 0 aromatic heterocycles. The highest BCUT2D eigenvalue weighted by molar-refractivity contribution is 8.26. The molecule has 8 nitrogen and oxygen atoms in total. The smallest absolute Gasteiger partial charge is 0.283 e. The number of likely N-dealkylation sites (tertiary alicyclic amines) is 1. The maximum atomic E-state index is 12.7. The Balaban J connectivity index is 1.21. The van der Waals surface area contributed by atoms with Crippen LogP contribution in [-0.2, 0) is 4.79 Å². The summed E-state index contributed by atoms with van der Waals surface area (Å²) in [6.07, 6.45) is 5.17. The van der Waals surface area contributed by atoms with E-state index in [4.69, 9.17) is 14.9 Å². The fourth-order valence-electron chi connectivity index (χ4n) is 3.86. The number of carbonyl (C=O) groups excluding carboxylic acids is 1. The molecule has 9 heteroatoms. The number of aliphatic imine (C=N–C) groups is 1. The second-order valence-corrected chi connectivity index (χ2v) is 8.96. The highest BCUT2D eigenvalue weighted by Gasteiger charge is 2.37. The Morgan fingerprint density at radius 2 is 1.59 bits per heavy atom. The van der Waals surface area contributed by atoms with E-state index >= 15 is 0 Å². The number of carbonyl (C=O) groups is 1. The van der Waals surface area contributed by atoms with Crippen LogP contribution < -0.4 is 9.47 Å². The first-order chi connectivity index (χ1) is 16.7. The number of hydrogen-bond donors (Lipinski definition) is 1. The predicted molar refractivity (Wildman–Crippen MR) is 134 cm³/mol. The van der Waals surface area contributed by atoms with Crippen molar-refractivity contribution in [1.29, 1.82) is 5.41 Å². The van der Waals surface area contributed by atoms with Gasteiger partial charge in [0.25, 0.3) is 5.91 Å². The number of benzene rings is 2. The highest BCUT2D eigenvalue weighted by Crippen LogP contribution is 2.30. The summed E-state index contributed by atoms with van der Waals surface area (Å²) in [7, 11) is 0. The molecular formula is C25H25N5O3S. The zero-order chi connectivity index (χ0) is 23.3. The summed E-state index contributed by atoms with van der Waals surface area (Å²) >= 11 is 1.36. The van der Waals surface area contributed by atoms with Crippen LogP contribution >= 0.6 is 11.8 Å². The van der Waals surface area contributed by atoms with Crippen LogP contribution in [0.15, 0.2) is 70.3 Å². The maximum absolute atomic E-state index is 12.7. The molecule has 0 unspecified atom stereocenters. The van der Waals surface area contributed by atoms with Gasteiger partial charge in [0.05, 0.1) is 5.57 Å². The number of fused-ring (bicyclic) bond motifs is 1. The molecule has 0 spiro atoms. The largest absolute Gasteiger partial charge is 0.490 e. The van der Waals surface area contributed by atoms with Crippen LogP contribution in [0.2, 0.25) is 0 Å². The van der Waals surface area contributed by atoms with E-state index in [9.17, 15) is 4.79 Å². The summed E-state index contributed by atoms with van der Waals surface area (Å²) in [4.78, 5) is 19.0. The summed E-state index contributed by atoms with van der Waals surface area (Å²) in [5, 5.41) is 15.9. The first kappa shape index (κ1) is 22.2. The number of ether oxygens (including phenoxy) is 2. The summed E-state index contributed by atoms with van der Waals surface area (Å²) in [5.74, 6) is 1.14. The van der Waals surface area contributed by atoms with Gasteiger partial charge in [-0.25, -0.2) is 0 Å². The third-order valence-electron chi connectivity index (χ3n) is 5.63. The lowest BCUT2D eigenvalue weighted by Gasteiger charge is -2.26. The van der Waals surface area contributed by atoms with Gasteiger partial charge in [-0.2, -0.15) is 10.0 Å². The predicted octanol–water partition coefficient (Wildman–Crippen LogP) is 4.21. The molecule has 0 radical (unpaired) electrons. The highest BCUT2D eigenvalue weighted by atomic mass is 32.2. The Labute approximate surface area is 202 Å². The van der Waals surface area contributed by atoms with Crippen molar-refractivity contribution in [1.82, 2.24) is 9.91 Å². The van der Waals surface area contributed by atoms with Crippen molar-refractivity contribution in [3.05, 3.63) is 65.7 Å². The van der Waals surface area contributed by atoms with Crippen molar-refractivity contribution < 1.29 is 14.3 Å². The van der Waals surface area contributed by atoms with Crippen LogP contribution in [0.1, 0.15) is 24.8 Å². The second kappa shape index (κ2) is 10.1. The van der Waals surface area contributed by atoms with Gasteiger partial charge in [0.1, 0.15) is 24.7 Å². The molecule has 0 aliphatic carbocycles. The van der Waals surface area contributed by atoms with Crippen LogP contribution in [0.5, 0.6) is 11.5 Å². The van der Waals surface area contributed by atoms with Gasteiger partial charge in [0, 0.05) is 13.1 Å². The van der Waals surface area contributed by atoms with Crippen molar-refractivity contribution >= 4 is 39.9 Å². The molecule has 1 saturated heterocycles. The summed E-state index contributed by atoms with van der Waals surface area (Å²) in [6, 6.07) is 17.0. The van der Waals surface area contributed by atoms with Crippen LogP contribution in [0.4, 0.5) is 0 Å². The number of hydrogen-bond acceptors (Lipinski definition) is 7. The van der Waals surface area contributed by atoms with Crippen molar-refractivity contribution in [2.75, 3.05) is 26.3 Å². The summed E-state index contributed by atoms with van der Waals surface area (Å²) in [6.45, 7) is 2.75. The van der Waals surface area contributed by atoms with E-state index in [1.165, 1.54) is 23.2 Å². The van der Waals surface area contributed by atoms with Crippen LogP contribution in [-0.4, -0.2) is 58.3 Å². The van der Waals surface area contributed by atoms with Crippen molar-refractivity contribution in [2.24, 2.45) is 10.1 Å². The second-order valence-electron chi connectivity index (χ2n) is 8.03. The van der Waals surface area contributed by atoms with E-state index in [1.807, 2.05) is 54.6 Å². The lowest BCUT2D eigenvalue weighted by Crippen LogP contribution is -2.35. The minimum absolute atomic E-state index is 0.0490. The van der Waals surface area contributed by atoms with E-state index in [1.54, 1.807) is 6.08 Å². The van der Waals surface area contributed by atoms with Crippen LogP contribution in [0, 0.1) is 5.41 Å². The van der Waals surface area contributed by atoms with Gasteiger partial charge in [0.2, 0.25) is 5.17 Å². The number of thioether (sulfide) groups is 1. The zero-order valence-corrected chi connectivity index (χ0v) is 19.5. The summed E-state index contributed by atoms with van der Waals surface area (Å²) < 4.78 is 11.4. The van der Waals surface area contributed by atoms with E-state index in [2.05, 4.69) is 15.0 Å². The minimum Gasteiger partial charge on any atom is -0.490 e. The van der Waals surface area contributed by atoms with Gasteiger partial charge < -0.3 is 14.4 Å². The third-order valence-corrected chi connectivity index (χ3v) is 6.59. The first-order valence-electron chi connectivity index (χ1n) is 11.3. The number of amides is 1.